The van der Waals surface area contributed by atoms with Crippen molar-refractivity contribution in [3.8, 4) is 0 Å². The molecule has 4 aliphatic carbocycles. The highest BCUT2D eigenvalue weighted by atomic mass is 32.1. The number of amides is 2. The lowest BCUT2D eigenvalue weighted by Crippen LogP contribution is -2.66. The Bertz CT molecular complexity index is 1480. The number of alkyl carbamates (subject to hydrolysis) is 1. The summed E-state index contributed by atoms with van der Waals surface area (Å²) < 4.78 is 12.0. The van der Waals surface area contributed by atoms with Gasteiger partial charge in [0.25, 0.3) is 0 Å². The molecule has 1 unspecified atom stereocenters. The van der Waals surface area contributed by atoms with Crippen LogP contribution in [0.15, 0.2) is 0 Å². The summed E-state index contributed by atoms with van der Waals surface area (Å²) in [5, 5.41) is 29.5. The Hall–Kier alpha value is -1.75. The fourth-order valence-corrected chi connectivity index (χ4v) is 13.7. The molecule has 9 nitrogen and oxygen atoms in total. The van der Waals surface area contributed by atoms with E-state index in [9.17, 15) is 19.8 Å². The first kappa shape index (κ1) is 38.0. The predicted molar refractivity (Wildman–Crippen MR) is 197 cm³/mol. The van der Waals surface area contributed by atoms with Gasteiger partial charge in [-0.2, -0.15) is 0 Å². The third-order valence-corrected chi connectivity index (χ3v) is 15.7. The highest BCUT2D eigenvalue weighted by Gasteiger charge is 2.72. The maximum atomic E-state index is 13.0. The lowest BCUT2D eigenvalue weighted by atomic mass is 9.35. The van der Waals surface area contributed by atoms with Crippen LogP contribution in [0, 0.1) is 39.9 Å². The zero-order valence-electron chi connectivity index (χ0n) is 32.6. The SMILES string of the molecule is CC(C)(C)OC(=O)NCCCC(=O)Nc1nc2c(s1)C[C@]1(C)[C@H]3C[C@@H](O)[C@@H]4C([C@]5(C)CC[C@@H](C(C)(C)O)O5)CC[C@@]4(C)[C@]3(C)CC[C@H]1C2(C)C. The molecule has 50 heavy (non-hydrogen) atoms. The van der Waals surface area contributed by atoms with Crippen molar-refractivity contribution < 1.29 is 29.3 Å². The van der Waals surface area contributed by atoms with E-state index in [-0.39, 0.29) is 57.5 Å². The zero-order chi connectivity index (χ0) is 36.9. The van der Waals surface area contributed by atoms with Gasteiger partial charge in [0.2, 0.25) is 5.91 Å². The highest BCUT2D eigenvalue weighted by Crippen LogP contribution is 2.76. The molecule has 1 saturated heterocycles. The molecule has 2 heterocycles. The van der Waals surface area contributed by atoms with Crippen LogP contribution < -0.4 is 10.6 Å². The largest absolute Gasteiger partial charge is 0.444 e. The number of nitrogens with zero attached hydrogens (tertiary/aromatic N) is 1. The summed E-state index contributed by atoms with van der Waals surface area (Å²) in [6, 6.07) is 0. The molecular formula is C40H65N3O6S. The second kappa shape index (κ2) is 12.4. The Balaban J connectivity index is 1.18. The van der Waals surface area contributed by atoms with Gasteiger partial charge >= 0.3 is 6.09 Å². The smallest absolute Gasteiger partial charge is 0.407 e. The lowest BCUT2D eigenvalue weighted by molar-refractivity contribution is -0.227. The van der Waals surface area contributed by atoms with Gasteiger partial charge in [0, 0.05) is 23.3 Å². The first-order valence-electron chi connectivity index (χ1n) is 19.3. The third kappa shape index (κ3) is 6.23. The number of ether oxygens (including phenoxy) is 2. The summed E-state index contributed by atoms with van der Waals surface area (Å²) >= 11 is 1.61. The van der Waals surface area contributed by atoms with Crippen molar-refractivity contribution in [2.75, 3.05) is 11.9 Å². The number of aliphatic hydroxyl groups excluding tert-OH is 1. The third-order valence-electron chi connectivity index (χ3n) is 14.8. The summed E-state index contributed by atoms with van der Waals surface area (Å²) in [6.07, 6.45) is 7.66. The van der Waals surface area contributed by atoms with Crippen LogP contribution in [0.4, 0.5) is 9.93 Å². The van der Waals surface area contributed by atoms with E-state index in [0.717, 1.165) is 57.1 Å². The van der Waals surface area contributed by atoms with Crippen molar-refractivity contribution in [2.45, 2.75) is 175 Å². The predicted octanol–water partition coefficient (Wildman–Crippen LogP) is 7.76. The summed E-state index contributed by atoms with van der Waals surface area (Å²) in [4.78, 5) is 31.2. The van der Waals surface area contributed by atoms with E-state index < -0.39 is 23.4 Å². The van der Waals surface area contributed by atoms with Crippen molar-refractivity contribution in [1.82, 2.24) is 10.3 Å². The van der Waals surface area contributed by atoms with Gasteiger partial charge in [-0.3, -0.25) is 4.79 Å². The Kier molecular flexibility index (Phi) is 9.43. The Morgan fingerprint density at radius 3 is 2.30 bits per heavy atom. The average molecular weight is 716 g/mol. The molecule has 4 fully saturated rings. The van der Waals surface area contributed by atoms with Gasteiger partial charge in [-0.25, -0.2) is 9.78 Å². The molecule has 282 valence electrons. The van der Waals surface area contributed by atoms with E-state index in [1.165, 1.54) is 4.88 Å². The molecule has 0 aromatic carbocycles. The normalized spacial score (nSPS) is 40.7. The number of fused-ring (bicyclic) bond motifs is 6. The Morgan fingerprint density at radius 1 is 0.980 bits per heavy atom. The molecule has 1 aromatic rings. The van der Waals surface area contributed by atoms with Crippen molar-refractivity contribution >= 4 is 28.5 Å². The van der Waals surface area contributed by atoms with E-state index >= 15 is 0 Å². The molecule has 6 rings (SSSR count). The van der Waals surface area contributed by atoms with Crippen molar-refractivity contribution in [3.63, 3.8) is 0 Å². The highest BCUT2D eigenvalue weighted by molar-refractivity contribution is 7.15. The van der Waals surface area contributed by atoms with Crippen LogP contribution in [0.3, 0.4) is 0 Å². The number of anilines is 1. The van der Waals surface area contributed by atoms with E-state index in [0.29, 0.717) is 29.9 Å². The van der Waals surface area contributed by atoms with E-state index in [4.69, 9.17) is 14.5 Å². The van der Waals surface area contributed by atoms with Crippen LogP contribution >= 0.6 is 11.3 Å². The molecule has 10 atom stereocenters. The van der Waals surface area contributed by atoms with Crippen LogP contribution in [-0.2, 0) is 26.1 Å². The Morgan fingerprint density at radius 2 is 1.66 bits per heavy atom. The molecule has 1 aromatic heterocycles. The van der Waals surface area contributed by atoms with Crippen LogP contribution in [0.25, 0.3) is 0 Å². The van der Waals surface area contributed by atoms with Crippen molar-refractivity contribution in [1.29, 1.82) is 0 Å². The summed E-state index contributed by atoms with van der Waals surface area (Å²) in [7, 11) is 0. The molecule has 10 heteroatoms. The van der Waals surface area contributed by atoms with Gasteiger partial charge in [-0.15, -0.1) is 11.3 Å². The molecule has 0 bridgehead atoms. The molecule has 1 aliphatic heterocycles. The summed E-state index contributed by atoms with van der Waals surface area (Å²) in [5.41, 5.74) is -0.775. The topological polar surface area (TPSA) is 130 Å². The molecule has 2 amide bonds. The van der Waals surface area contributed by atoms with Crippen molar-refractivity contribution in [2.24, 2.45) is 39.9 Å². The fourth-order valence-electron chi connectivity index (χ4n) is 12.3. The Labute approximate surface area is 304 Å². The second-order valence-corrected chi connectivity index (χ2v) is 20.9. The van der Waals surface area contributed by atoms with Crippen LogP contribution in [0.1, 0.15) is 145 Å². The van der Waals surface area contributed by atoms with Gasteiger partial charge in [0.15, 0.2) is 5.13 Å². The number of aliphatic hydroxyl groups is 2. The number of carbonyl (C=O) groups is 2. The summed E-state index contributed by atoms with van der Waals surface area (Å²) in [6.45, 7) is 24.0. The van der Waals surface area contributed by atoms with Gasteiger partial charge in [0.05, 0.1) is 29.1 Å². The molecular weight excluding hydrogens is 651 g/mol. The molecule has 0 radical (unpaired) electrons. The number of thiazole rings is 1. The molecule has 4 N–H and O–H groups in total. The standard InChI is InChI=1S/C40H65N3O6S/c1-34(2,3)49-33(46)41-20-12-13-29(45)42-32-43-31-25(50-32)22-37(8)26(35(31,4)5)15-18-38(9)27(37)21-24(44)30-23(14-17-39(30,38)10)40(11)19-16-28(48-40)36(6,7)47/h23-24,26-28,30,44,47H,12-22H2,1-11H3,(H,41,46)(H,42,43,45)/t23?,24-,26+,27-,28+,30+,37+,38-,39-,40+/m1/s1. The molecule has 3 saturated carbocycles. The second-order valence-electron chi connectivity index (χ2n) is 19.8. The lowest BCUT2D eigenvalue weighted by Gasteiger charge is -2.69. The first-order valence-corrected chi connectivity index (χ1v) is 20.1. The van der Waals surface area contributed by atoms with Crippen LogP contribution in [0.2, 0.25) is 0 Å². The van der Waals surface area contributed by atoms with E-state index in [1.54, 1.807) is 11.3 Å². The monoisotopic (exact) mass is 715 g/mol. The minimum Gasteiger partial charge on any atom is -0.444 e. The number of carbonyl (C=O) groups excluding carboxylic acids is 2. The maximum Gasteiger partial charge on any atom is 0.407 e. The molecule has 5 aliphatic rings. The fraction of sp³-hybridized carbons (Fsp3) is 0.875. The van der Waals surface area contributed by atoms with Crippen molar-refractivity contribution in [3.05, 3.63) is 10.6 Å². The first-order chi connectivity index (χ1) is 22.9. The van der Waals surface area contributed by atoms with Gasteiger partial charge in [-0.05, 0) is 139 Å². The van der Waals surface area contributed by atoms with Crippen LogP contribution in [0.5, 0.6) is 0 Å². The molecule has 0 spiro atoms. The number of rotatable bonds is 7. The minimum absolute atomic E-state index is 0.0111. The number of nitrogens with one attached hydrogen (secondary N) is 2. The summed E-state index contributed by atoms with van der Waals surface area (Å²) in [5.74, 6) is 1.11. The van der Waals surface area contributed by atoms with Gasteiger partial charge < -0.3 is 30.3 Å². The zero-order valence-corrected chi connectivity index (χ0v) is 33.4. The minimum atomic E-state index is -0.873. The number of aromatic nitrogens is 1. The quantitative estimate of drug-likeness (QED) is 0.212. The number of hydrogen-bond acceptors (Lipinski definition) is 8. The van der Waals surface area contributed by atoms with Crippen LogP contribution in [-0.4, -0.2) is 62.8 Å². The van der Waals surface area contributed by atoms with E-state index in [2.05, 4.69) is 52.2 Å². The van der Waals surface area contributed by atoms with Gasteiger partial charge in [0.1, 0.15) is 5.60 Å². The number of hydrogen-bond donors (Lipinski definition) is 4. The van der Waals surface area contributed by atoms with E-state index in [1.807, 2.05) is 34.6 Å². The average Bonchev–Trinajstić information content (AvgIpc) is 3.68. The van der Waals surface area contributed by atoms with Gasteiger partial charge in [-0.1, -0.05) is 34.6 Å². The maximum absolute atomic E-state index is 13.0.